The fourth-order valence-corrected chi connectivity index (χ4v) is 2.49. The number of likely N-dealkylation sites (tertiary alicyclic amines) is 1. The van der Waals surface area contributed by atoms with Gasteiger partial charge >= 0.3 is 5.97 Å². The van der Waals surface area contributed by atoms with E-state index in [4.69, 9.17) is 10.5 Å². The molecule has 0 spiro atoms. The molecule has 0 bridgehead atoms. The number of nitrogens with zero attached hydrogens (tertiary/aromatic N) is 1. The Morgan fingerprint density at radius 3 is 2.85 bits per heavy atom. The summed E-state index contributed by atoms with van der Waals surface area (Å²) >= 11 is 0. The molecule has 0 atom stereocenters. The number of esters is 1. The van der Waals surface area contributed by atoms with E-state index in [0.29, 0.717) is 11.3 Å². The van der Waals surface area contributed by atoms with Crippen molar-refractivity contribution in [3.63, 3.8) is 0 Å². The smallest absolute Gasteiger partial charge is 0.337 e. The van der Waals surface area contributed by atoms with Gasteiger partial charge in [0, 0.05) is 6.54 Å². The second kappa shape index (κ2) is 7.14. The Morgan fingerprint density at radius 2 is 2.15 bits per heavy atom. The van der Waals surface area contributed by atoms with Crippen molar-refractivity contribution in [1.82, 2.24) is 4.90 Å². The second-order valence-electron chi connectivity index (χ2n) is 5.12. The van der Waals surface area contributed by atoms with E-state index >= 15 is 0 Å². The lowest BCUT2D eigenvalue weighted by Crippen LogP contribution is -2.22. The van der Waals surface area contributed by atoms with Crippen LogP contribution in [0.3, 0.4) is 0 Å². The topological polar surface area (TPSA) is 67.6 Å². The minimum Gasteiger partial charge on any atom is -0.465 e. The third-order valence-electron chi connectivity index (χ3n) is 3.64. The molecule has 0 amide bonds. The van der Waals surface area contributed by atoms with Gasteiger partial charge in [0.25, 0.3) is 0 Å². The molecular weight excluding hydrogens is 254 g/mol. The fraction of sp³-hybridized carbons (Fsp3) is 0.533. The fourth-order valence-electron chi connectivity index (χ4n) is 2.49. The molecule has 20 heavy (non-hydrogen) atoms. The van der Waals surface area contributed by atoms with E-state index in [9.17, 15) is 4.79 Å². The van der Waals surface area contributed by atoms with Crippen LogP contribution in [0.5, 0.6) is 0 Å². The van der Waals surface area contributed by atoms with Crippen LogP contribution in [0.25, 0.3) is 0 Å². The van der Waals surface area contributed by atoms with E-state index in [1.165, 1.54) is 33.0 Å². The van der Waals surface area contributed by atoms with E-state index < -0.39 is 0 Å². The van der Waals surface area contributed by atoms with Gasteiger partial charge in [0.1, 0.15) is 0 Å². The Bertz CT molecular complexity index is 456. The van der Waals surface area contributed by atoms with Crippen LogP contribution < -0.4 is 11.1 Å². The summed E-state index contributed by atoms with van der Waals surface area (Å²) < 4.78 is 4.71. The monoisotopic (exact) mass is 277 g/mol. The van der Waals surface area contributed by atoms with Gasteiger partial charge in [-0.2, -0.15) is 0 Å². The highest BCUT2D eigenvalue weighted by Gasteiger charge is 2.11. The zero-order valence-corrected chi connectivity index (χ0v) is 12.0. The molecule has 5 heteroatoms. The van der Waals surface area contributed by atoms with Crippen LogP contribution in [-0.2, 0) is 4.74 Å². The lowest BCUT2D eigenvalue weighted by atomic mass is 10.1. The lowest BCUT2D eigenvalue weighted by molar-refractivity contribution is 0.0601. The van der Waals surface area contributed by atoms with Crippen LogP contribution in [0, 0.1) is 0 Å². The maximum absolute atomic E-state index is 11.5. The van der Waals surface area contributed by atoms with Crippen LogP contribution in [0.2, 0.25) is 0 Å². The summed E-state index contributed by atoms with van der Waals surface area (Å²) in [6, 6.07) is 5.16. The van der Waals surface area contributed by atoms with Gasteiger partial charge in [0.2, 0.25) is 0 Å². The summed E-state index contributed by atoms with van der Waals surface area (Å²) in [4.78, 5) is 14.0. The summed E-state index contributed by atoms with van der Waals surface area (Å²) in [7, 11) is 1.38. The molecule has 1 aliphatic rings. The molecule has 0 saturated carbocycles. The van der Waals surface area contributed by atoms with Crippen LogP contribution >= 0.6 is 0 Å². The molecule has 5 nitrogen and oxygen atoms in total. The molecule has 0 aromatic heterocycles. The first-order chi connectivity index (χ1) is 9.70. The SMILES string of the molecule is COC(=O)c1ccc(N)c(NCCCN2CCCC2)c1. The molecule has 3 N–H and O–H groups in total. The van der Waals surface area contributed by atoms with Crippen molar-refractivity contribution in [2.24, 2.45) is 0 Å². The Kier molecular flexibility index (Phi) is 5.24. The Hall–Kier alpha value is -1.75. The van der Waals surface area contributed by atoms with Crippen molar-refractivity contribution in [1.29, 1.82) is 0 Å². The lowest BCUT2D eigenvalue weighted by Gasteiger charge is -2.15. The van der Waals surface area contributed by atoms with E-state index in [1.807, 2.05) is 0 Å². The van der Waals surface area contributed by atoms with Gasteiger partial charge < -0.3 is 20.7 Å². The number of nitrogens with two attached hydrogens (primary N) is 1. The number of nitrogen functional groups attached to an aromatic ring is 1. The minimum atomic E-state index is -0.342. The first-order valence-corrected chi connectivity index (χ1v) is 7.15. The molecule has 0 aliphatic carbocycles. The van der Waals surface area contributed by atoms with Crippen LogP contribution in [0.1, 0.15) is 29.6 Å². The summed E-state index contributed by atoms with van der Waals surface area (Å²) in [5, 5.41) is 3.30. The number of carbonyl (C=O) groups is 1. The first-order valence-electron chi connectivity index (χ1n) is 7.15. The van der Waals surface area contributed by atoms with Crippen molar-refractivity contribution in [2.75, 3.05) is 44.3 Å². The molecule has 110 valence electrons. The molecule has 1 aromatic carbocycles. The Morgan fingerprint density at radius 1 is 1.40 bits per heavy atom. The number of ether oxygens (including phenoxy) is 1. The third kappa shape index (κ3) is 3.87. The molecule has 0 radical (unpaired) electrons. The van der Waals surface area contributed by atoms with Crippen LogP contribution in [0.4, 0.5) is 11.4 Å². The minimum absolute atomic E-state index is 0.342. The number of methoxy groups -OCH3 is 1. The molecule has 0 unspecified atom stereocenters. The number of benzene rings is 1. The maximum atomic E-state index is 11.5. The normalized spacial score (nSPS) is 15.2. The molecule has 1 fully saturated rings. The zero-order chi connectivity index (χ0) is 14.4. The van der Waals surface area contributed by atoms with E-state index in [1.54, 1.807) is 18.2 Å². The molecule has 1 aromatic rings. The molecular formula is C15H23N3O2. The highest BCUT2D eigenvalue weighted by atomic mass is 16.5. The first kappa shape index (κ1) is 14.7. The zero-order valence-electron chi connectivity index (χ0n) is 12.0. The summed E-state index contributed by atoms with van der Waals surface area (Å²) in [6.07, 6.45) is 3.71. The highest BCUT2D eigenvalue weighted by Crippen LogP contribution is 2.20. The van der Waals surface area contributed by atoms with Gasteiger partial charge in [-0.3, -0.25) is 0 Å². The van der Waals surface area contributed by atoms with E-state index in [-0.39, 0.29) is 5.97 Å². The summed E-state index contributed by atoms with van der Waals surface area (Å²) in [6.45, 7) is 4.41. The van der Waals surface area contributed by atoms with Gasteiger partial charge in [-0.1, -0.05) is 0 Å². The van der Waals surface area contributed by atoms with Gasteiger partial charge in [-0.05, 0) is 57.1 Å². The average molecular weight is 277 g/mol. The van der Waals surface area contributed by atoms with Crippen molar-refractivity contribution in [3.05, 3.63) is 23.8 Å². The summed E-state index contributed by atoms with van der Waals surface area (Å²) in [5.74, 6) is -0.342. The van der Waals surface area contributed by atoms with Crippen molar-refractivity contribution < 1.29 is 9.53 Å². The predicted molar refractivity (Wildman–Crippen MR) is 81.0 cm³/mol. The van der Waals surface area contributed by atoms with Crippen molar-refractivity contribution in [2.45, 2.75) is 19.3 Å². The second-order valence-corrected chi connectivity index (χ2v) is 5.12. The van der Waals surface area contributed by atoms with Crippen LogP contribution in [0.15, 0.2) is 18.2 Å². The predicted octanol–water partition coefficient (Wildman–Crippen LogP) is 1.95. The molecule has 1 saturated heterocycles. The van der Waals surface area contributed by atoms with Gasteiger partial charge in [-0.15, -0.1) is 0 Å². The maximum Gasteiger partial charge on any atom is 0.337 e. The number of carbonyl (C=O) groups excluding carboxylic acids is 1. The van der Waals surface area contributed by atoms with Gasteiger partial charge in [0.05, 0.1) is 24.0 Å². The van der Waals surface area contributed by atoms with Crippen molar-refractivity contribution in [3.8, 4) is 0 Å². The standard InChI is InChI=1S/C15H23N3O2/c1-20-15(19)12-5-6-13(16)14(11-12)17-7-4-10-18-8-2-3-9-18/h5-6,11,17H,2-4,7-10,16H2,1H3. The van der Waals surface area contributed by atoms with Gasteiger partial charge in [-0.25, -0.2) is 4.79 Å². The molecule has 1 aliphatic heterocycles. The average Bonchev–Trinajstić information content (AvgIpc) is 2.97. The van der Waals surface area contributed by atoms with Crippen LogP contribution in [-0.4, -0.2) is 44.2 Å². The number of hydrogen-bond donors (Lipinski definition) is 2. The highest BCUT2D eigenvalue weighted by molar-refractivity contribution is 5.91. The quantitative estimate of drug-likeness (QED) is 0.472. The largest absolute Gasteiger partial charge is 0.465 e. The molecule has 2 rings (SSSR count). The third-order valence-corrected chi connectivity index (χ3v) is 3.64. The number of nitrogens with one attached hydrogen (secondary N) is 1. The Labute approximate surface area is 120 Å². The van der Waals surface area contributed by atoms with Crippen molar-refractivity contribution >= 4 is 17.3 Å². The number of hydrogen-bond acceptors (Lipinski definition) is 5. The van der Waals surface area contributed by atoms with Gasteiger partial charge in [0.15, 0.2) is 0 Å². The number of anilines is 2. The van der Waals surface area contributed by atoms with E-state index in [0.717, 1.165) is 25.2 Å². The van der Waals surface area contributed by atoms with E-state index in [2.05, 4.69) is 10.2 Å². The Balaban J connectivity index is 1.83. The molecule has 1 heterocycles. The summed E-state index contributed by atoms with van der Waals surface area (Å²) in [5.41, 5.74) is 7.88. The number of rotatable bonds is 6.